The molecule has 1 amide bonds. The number of likely N-dealkylation sites (tertiary alicyclic amines) is 1. The molecule has 2 atom stereocenters. The van der Waals surface area contributed by atoms with Crippen molar-refractivity contribution < 1.29 is 9.21 Å². The summed E-state index contributed by atoms with van der Waals surface area (Å²) >= 11 is 0. The van der Waals surface area contributed by atoms with E-state index >= 15 is 0 Å². The summed E-state index contributed by atoms with van der Waals surface area (Å²) in [5.74, 6) is 0.908. The Kier molecular flexibility index (Phi) is 3.53. The van der Waals surface area contributed by atoms with Crippen molar-refractivity contribution in [1.29, 1.82) is 0 Å². The summed E-state index contributed by atoms with van der Waals surface area (Å²) in [7, 11) is 0. The number of nitrogens with zero attached hydrogens (tertiary/aromatic N) is 1. The summed E-state index contributed by atoms with van der Waals surface area (Å²) in [6.07, 6.45) is 1.13. The summed E-state index contributed by atoms with van der Waals surface area (Å²) in [6.45, 7) is 5.73. The third kappa shape index (κ3) is 2.71. The molecule has 0 spiro atoms. The molecule has 1 aromatic heterocycles. The summed E-state index contributed by atoms with van der Waals surface area (Å²) in [6, 6.07) is 8.84. The molecule has 110 valence electrons. The smallest absolute Gasteiger partial charge is 0.344 e. The second kappa shape index (κ2) is 5.35. The number of benzene rings is 1. The van der Waals surface area contributed by atoms with Crippen molar-refractivity contribution >= 4 is 16.7 Å². The first-order chi connectivity index (χ1) is 10.0. The van der Waals surface area contributed by atoms with Gasteiger partial charge in [0.1, 0.15) is 0 Å². The van der Waals surface area contributed by atoms with Crippen LogP contribution in [0.5, 0.6) is 0 Å². The minimum absolute atomic E-state index is 0.139. The fourth-order valence-corrected chi connectivity index (χ4v) is 3.22. The molecule has 1 fully saturated rings. The Morgan fingerprint density at radius 2 is 1.86 bits per heavy atom. The van der Waals surface area contributed by atoms with Crippen molar-refractivity contribution in [2.45, 2.75) is 20.3 Å². The lowest BCUT2D eigenvalue weighted by Crippen LogP contribution is -2.42. The average Bonchev–Trinajstić information content (AvgIpc) is 2.45. The predicted octanol–water partition coefficient (Wildman–Crippen LogP) is 2.91. The van der Waals surface area contributed by atoms with Crippen LogP contribution in [-0.2, 0) is 0 Å². The minimum atomic E-state index is -0.449. The van der Waals surface area contributed by atoms with Gasteiger partial charge < -0.3 is 9.32 Å². The van der Waals surface area contributed by atoms with Gasteiger partial charge in [0.2, 0.25) is 0 Å². The Hall–Kier alpha value is -2.10. The van der Waals surface area contributed by atoms with Crippen molar-refractivity contribution in [1.82, 2.24) is 4.90 Å². The van der Waals surface area contributed by atoms with Gasteiger partial charge in [-0.15, -0.1) is 0 Å². The van der Waals surface area contributed by atoms with Crippen molar-refractivity contribution in [2.75, 3.05) is 13.1 Å². The van der Waals surface area contributed by atoms with Crippen LogP contribution in [0.3, 0.4) is 0 Å². The first-order valence-electron chi connectivity index (χ1n) is 7.36. The van der Waals surface area contributed by atoms with Gasteiger partial charge >= 0.3 is 5.63 Å². The molecule has 1 aliphatic rings. The van der Waals surface area contributed by atoms with E-state index < -0.39 is 5.63 Å². The van der Waals surface area contributed by atoms with E-state index in [0.717, 1.165) is 24.9 Å². The van der Waals surface area contributed by atoms with Gasteiger partial charge in [-0.05, 0) is 35.8 Å². The molecule has 2 heterocycles. The van der Waals surface area contributed by atoms with E-state index in [1.807, 2.05) is 12.1 Å². The molecule has 0 bridgehead atoms. The van der Waals surface area contributed by atoms with Crippen molar-refractivity contribution in [3.63, 3.8) is 0 Å². The predicted molar refractivity (Wildman–Crippen MR) is 81.3 cm³/mol. The Bertz CT molecular complexity index is 724. The maximum atomic E-state index is 12.6. The fourth-order valence-electron chi connectivity index (χ4n) is 3.22. The van der Waals surface area contributed by atoms with Crippen LogP contribution in [0.2, 0.25) is 0 Å². The zero-order chi connectivity index (χ0) is 15.0. The number of carbonyl (C=O) groups is 1. The molecular weight excluding hydrogens is 266 g/mol. The standard InChI is InChI=1S/C17H19NO3/c1-11-7-12(2)10-18(9-11)16(19)15-8-13-5-3-4-6-14(13)17(20)21-15/h3-6,8,11-12H,7,9-10H2,1-2H3. The molecule has 0 radical (unpaired) electrons. The van der Waals surface area contributed by atoms with Gasteiger partial charge in [-0.1, -0.05) is 32.0 Å². The first kappa shape index (κ1) is 13.9. The number of hydrogen-bond acceptors (Lipinski definition) is 3. The maximum Gasteiger partial charge on any atom is 0.344 e. The third-order valence-corrected chi connectivity index (χ3v) is 4.04. The lowest BCUT2D eigenvalue weighted by molar-refractivity contribution is 0.0587. The lowest BCUT2D eigenvalue weighted by Gasteiger charge is -2.34. The molecule has 3 rings (SSSR count). The first-order valence-corrected chi connectivity index (χ1v) is 7.36. The minimum Gasteiger partial charge on any atom is -0.417 e. The maximum absolute atomic E-state index is 12.6. The molecule has 2 aromatic rings. The molecule has 1 aromatic carbocycles. The Morgan fingerprint density at radius 1 is 1.19 bits per heavy atom. The average molecular weight is 285 g/mol. The van der Waals surface area contributed by atoms with E-state index in [9.17, 15) is 9.59 Å². The van der Waals surface area contributed by atoms with E-state index in [2.05, 4.69) is 13.8 Å². The summed E-state index contributed by atoms with van der Waals surface area (Å²) in [4.78, 5) is 26.4. The molecular formula is C17H19NO3. The van der Waals surface area contributed by atoms with Crippen LogP contribution in [-0.4, -0.2) is 23.9 Å². The molecule has 1 aliphatic heterocycles. The molecule has 0 N–H and O–H groups in total. The van der Waals surface area contributed by atoms with Crippen LogP contribution >= 0.6 is 0 Å². The van der Waals surface area contributed by atoms with Crippen molar-refractivity contribution in [3.8, 4) is 0 Å². The molecule has 21 heavy (non-hydrogen) atoms. The fraction of sp³-hybridized carbons (Fsp3) is 0.412. The van der Waals surface area contributed by atoms with Crippen LogP contribution in [0.1, 0.15) is 30.8 Å². The van der Waals surface area contributed by atoms with Gasteiger partial charge in [0.05, 0.1) is 5.39 Å². The van der Waals surface area contributed by atoms with E-state index in [1.165, 1.54) is 0 Å². The molecule has 1 saturated heterocycles. The molecule has 4 nitrogen and oxygen atoms in total. The zero-order valence-electron chi connectivity index (χ0n) is 12.3. The number of amides is 1. The quantitative estimate of drug-likeness (QED) is 0.809. The number of piperidine rings is 1. The van der Waals surface area contributed by atoms with Crippen LogP contribution in [0, 0.1) is 11.8 Å². The van der Waals surface area contributed by atoms with Gasteiger partial charge in [0, 0.05) is 13.1 Å². The van der Waals surface area contributed by atoms with Crippen LogP contribution < -0.4 is 5.63 Å². The van der Waals surface area contributed by atoms with Gasteiger partial charge in [0.15, 0.2) is 5.76 Å². The summed E-state index contributed by atoms with van der Waals surface area (Å²) < 4.78 is 5.23. The molecule has 2 unspecified atom stereocenters. The van der Waals surface area contributed by atoms with Crippen molar-refractivity contribution in [3.05, 3.63) is 46.5 Å². The van der Waals surface area contributed by atoms with Gasteiger partial charge in [-0.3, -0.25) is 4.79 Å². The van der Waals surface area contributed by atoms with E-state index in [1.54, 1.807) is 23.1 Å². The van der Waals surface area contributed by atoms with Crippen LogP contribution in [0.15, 0.2) is 39.5 Å². The highest BCUT2D eigenvalue weighted by Gasteiger charge is 2.27. The van der Waals surface area contributed by atoms with Crippen LogP contribution in [0.4, 0.5) is 0 Å². The SMILES string of the molecule is CC1CC(C)CN(C(=O)c2cc3ccccc3c(=O)o2)C1. The van der Waals surface area contributed by atoms with E-state index in [-0.39, 0.29) is 11.7 Å². The van der Waals surface area contributed by atoms with Crippen LogP contribution in [0.25, 0.3) is 10.8 Å². The normalized spacial score (nSPS) is 22.5. The molecule has 0 saturated carbocycles. The zero-order valence-corrected chi connectivity index (χ0v) is 12.3. The highest BCUT2D eigenvalue weighted by atomic mass is 16.4. The van der Waals surface area contributed by atoms with Gasteiger partial charge in [-0.25, -0.2) is 4.79 Å². The highest BCUT2D eigenvalue weighted by Crippen LogP contribution is 2.23. The number of rotatable bonds is 1. The highest BCUT2D eigenvalue weighted by molar-refractivity contribution is 5.95. The Balaban J connectivity index is 1.96. The topological polar surface area (TPSA) is 50.5 Å². The molecule has 0 aliphatic carbocycles. The Labute approximate surface area is 123 Å². The number of carbonyl (C=O) groups excluding carboxylic acids is 1. The van der Waals surface area contributed by atoms with Gasteiger partial charge in [-0.2, -0.15) is 0 Å². The Morgan fingerprint density at radius 3 is 2.57 bits per heavy atom. The largest absolute Gasteiger partial charge is 0.417 e. The lowest BCUT2D eigenvalue weighted by atomic mass is 9.92. The third-order valence-electron chi connectivity index (χ3n) is 4.04. The second-order valence-corrected chi connectivity index (χ2v) is 6.14. The summed E-state index contributed by atoms with van der Waals surface area (Å²) in [5.41, 5.74) is -0.449. The number of fused-ring (bicyclic) bond motifs is 1. The monoisotopic (exact) mass is 285 g/mol. The van der Waals surface area contributed by atoms with E-state index in [0.29, 0.717) is 17.2 Å². The molecule has 4 heteroatoms. The van der Waals surface area contributed by atoms with Gasteiger partial charge in [0.25, 0.3) is 5.91 Å². The summed E-state index contributed by atoms with van der Waals surface area (Å²) in [5, 5.41) is 1.25. The van der Waals surface area contributed by atoms with E-state index in [4.69, 9.17) is 4.42 Å². The van der Waals surface area contributed by atoms with Crippen molar-refractivity contribution in [2.24, 2.45) is 11.8 Å². The number of hydrogen-bond donors (Lipinski definition) is 0. The second-order valence-electron chi connectivity index (χ2n) is 6.14.